The van der Waals surface area contributed by atoms with Gasteiger partial charge in [-0.25, -0.2) is 0 Å². The summed E-state index contributed by atoms with van der Waals surface area (Å²) in [7, 11) is 0. The number of hydrogen-bond donors (Lipinski definition) is 2. The van der Waals surface area contributed by atoms with Gasteiger partial charge in [-0.05, 0) is 32.4 Å². The Labute approximate surface area is 111 Å². The molecule has 1 aromatic heterocycles. The van der Waals surface area contributed by atoms with Gasteiger partial charge in [-0.3, -0.25) is 14.9 Å². The molecule has 0 aromatic carbocycles. The van der Waals surface area contributed by atoms with E-state index in [4.69, 9.17) is 0 Å². The van der Waals surface area contributed by atoms with Gasteiger partial charge < -0.3 is 15.2 Å². The maximum Gasteiger partial charge on any atom is 0.287 e. The summed E-state index contributed by atoms with van der Waals surface area (Å²) in [5, 5.41) is 16.8. The Bertz CT molecular complexity index is 477. The molecule has 1 aliphatic heterocycles. The third-order valence-corrected chi connectivity index (χ3v) is 3.38. The zero-order valence-corrected chi connectivity index (χ0v) is 10.9. The van der Waals surface area contributed by atoms with E-state index in [0.29, 0.717) is 24.7 Å². The highest BCUT2D eigenvalue weighted by Crippen LogP contribution is 2.16. The molecule has 104 valence electrons. The van der Waals surface area contributed by atoms with Gasteiger partial charge in [0.1, 0.15) is 5.69 Å². The molecule has 1 aromatic rings. The number of rotatable bonds is 5. The number of nitrogens with zero attached hydrogens (tertiary/aromatic N) is 2. The van der Waals surface area contributed by atoms with E-state index in [1.165, 1.54) is 12.3 Å². The van der Waals surface area contributed by atoms with E-state index in [1.54, 1.807) is 4.57 Å². The van der Waals surface area contributed by atoms with Crippen molar-refractivity contribution in [2.24, 2.45) is 5.92 Å². The van der Waals surface area contributed by atoms with Gasteiger partial charge in [-0.1, -0.05) is 0 Å². The molecule has 0 bridgehead atoms. The molecule has 1 unspecified atom stereocenters. The molecule has 1 aliphatic rings. The fourth-order valence-corrected chi connectivity index (χ4v) is 2.26. The van der Waals surface area contributed by atoms with Crippen LogP contribution in [0.25, 0.3) is 0 Å². The van der Waals surface area contributed by atoms with Gasteiger partial charge in [0.2, 0.25) is 0 Å². The summed E-state index contributed by atoms with van der Waals surface area (Å²) in [6.07, 6.45) is 2.45. The molecular weight excluding hydrogens is 248 g/mol. The van der Waals surface area contributed by atoms with E-state index in [1.807, 2.05) is 6.92 Å². The van der Waals surface area contributed by atoms with E-state index >= 15 is 0 Å². The molecular formula is C12H18N4O3. The van der Waals surface area contributed by atoms with Crippen molar-refractivity contribution < 1.29 is 9.72 Å². The van der Waals surface area contributed by atoms with Crippen molar-refractivity contribution in [3.8, 4) is 0 Å². The van der Waals surface area contributed by atoms with Crippen LogP contribution in [0.2, 0.25) is 0 Å². The van der Waals surface area contributed by atoms with E-state index < -0.39 is 4.92 Å². The number of nitrogens with one attached hydrogen (secondary N) is 2. The summed E-state index contributed by atoms with van der Waals surface area (Å²) in [6, 6.07) is 1.33. The molecule has 2 rings (SSSR count). The summed E-state index contributed by atoms with van der Waals surface area (Å²) in [6.45, 7) is 4.88. The average Bonchev–Trinajstić information content (AvgIpc) is 3.04. The Balaban J connectivity index is 2.02. The predicted octanol–water partition coefficient (Wildman–Crippen LogP) is 0.755. The van der Waals surface area contributed by atoms with E-state index in [9.17, 15) is 14.9 Å². The van der Waals surface area contributed by atoms with Crippen LogP contribution in [0, 0.1) is 16.0 Å². The summed E-state index contributed by atoms with van der Waals surface area (Å²) in [4.78, 5) is 22.3. The zero-order chi connectivity index (χ0) is 13.8. The quantitative estimate of drug-likeness (QED) is 0.608. The lowest BCUT2D eigenvalue weighted by atomic mass is 10.1. The lowest BCUT2D eigenvalue weighted by molar-refractivity contribution is -0.384. The van der Waals surface area contributed by atoms with E-state index in [0.717, 1.165) is 19.5 Å². The summed E-state index contributed by atoms with van der Waals surface area (Å²) < 4.78 is 1.60. The first-order valence-electron chi connectivity index (χ1n) is 6.45. The monoisotopic (exact) mass is 266 g/mol. The Morgan fingerprint density at radius 2 is 2.47 bits per heavy atom. The van der Waals surface area contributed by atoms with Crippen LogP contribution in [-0.2, 0) is 6.54 Å². The first-order valence-corrected chi connectivity index (χ1v) is 6.45. The van der Waals surface area contributed by atoms with Crippen LogP contribution in [0.1, 0.15) is 23.8 Å². The van der Waals surface area contributed by atoms with Crippen molar-refractivity contribution >= 4 is 11.6 Å². The van der Waals surface area contributed by atoms with Crippen LogP contribution < -0.4 is 10.6 Å². The molecule has 0 radical (unpaired) electrons. The van der Waals surface area contributed by atoms with Crippen molar-refractivity contribution in [1.82, 2.24) is 15.2 Å². The molecule has 7 heteroatoms. The number of aryl methyl sites for hydroxylation is 1. The van der Waals surface area contributed by atoms with Crippen LogP contribution >= 0.6 is 0 Å². The maximum absolute atomic E-state index is 12.0. The smallest absolute Gasteiger partial charge is 0.287 e. The van der Waals surface area contributed by atoms with Crippen LogP contribution in [-0.4, -0.2) is 35.0 Å². The second-order valence-corrected chi connectivity index (χ2v) is 4.70. The molecule has 1 amide bonds. The molecule has 19 heavy (non-hydrogen) atoms. The standard InChI is InChI=1S/C12H18N4O3/c1-2-15-8-10(16(18)19)5-11(15)12(17)14-7-9-3-4-13-6-9/h5,8-9,13H,2-4,6-7H2,1H3,(H,14,17). The molecule has 0 spiro atoms. The van der Waals surface area contributed by atoms with Gasteiger partial charge in [-0.2, -0.15) is 0 Å². The zero-order valence-electron chi connectivity index (χ0n) is 10.9. The lowest BCUT2D eigenvalue weighted by Crippen LogP contribution is -2.31. The molecule has 2 heterocycles. The number of carbonyl (C=O) groups is 1. The highest BCUT2D eigenvalue weighted by Gasteiger charge is 2.20. The second-order valence-electron chi connectivity index (χ2n) is 4.70. The second kappa shape index (κ2) is 5.83. The highest BCUT2D eigenvalue weighted by molar-refractivity contribution is 5.93. The van der Waals surface area contributed by atoms with Gasteiger partial charge >= 0.3 is 0 Å². The minimum absolute atomic E-state index is 0.0467. The normalized spacial score (nSPS) is 18.5. The van der Waals surface area contributed by atoms with Gasteiger partial charge in [0.05, 0.1) is 11.1 Å². The summed E-state index contributed by atoms with van der Waals surface area (Å²) >= 11 is 0. The molecule has 1 fully saturated rings. The SMILES string of the molecule is CCn1cc([N+](=O)[O-])cc1C(=O)NCC1CCNC1. The molecule has 7 nitrogen and oxygen atoms in total. The van der Waals surface area contributed by atoms with Crippen molar-refractivity contribution in [3.05, 3.63) is 28.1 Å². The third kappa shape index (κ3) is 3.11. The number of aromatic nitrogens is 1. The highest BCUT2D eigenvalue weighted by atomic mass is 16.6. The van der Waals surface area contributed by atoms with Crippen molar-refractivity contribution in [1.29, 1.82) is 0 Å². The first-order chi connectivity index (χ1) is 9.11. The Kier molecular flexibility index (Phi) is 4.16. The van der Waals surface area contributed by atoms with Gasteiger partial charge in [0.15, 0.2) is 0 Å². The first kappa shape index (κ1) is 13.5. The van der Waals surface area contributed by atoms with Gasteiger partial charge in [0.25, 0.3) is 11.6 Å². The number of hydrogen-bond acceptors (Lipinski definition) is 4. The number of carbonyl (C=O) groups excluding carboxylic acids is 1. The Morgan fingerprint density at radius 1 is 1.68 bits per heavy atom. The largest absolute Gasteiger partial charge is 0.350 e. The van der Waals surface area contributed by atoms with Gasteiger partial charge in [0, 0.05) is 19.2 Å². The van der Waals surface area contributed by atoms with Crippen LogP contribution in [0.3, 0.4) is 0 Å². The number of amides is 1. The number of nitro groups is 1. The average molecular weight is 266 g/mol. The van der Waals surface area contributed by atoms with Crippen LogP contribution in [0.15, 0.2) is 12.3 Å². The molecule has 0 saturated carbocycles. The third-order valence-electron chi connectivity index (χ3n) is 3.38. The molecule has 2 N–H and O–H groups in total. The summed E-state index contributed by atoms with van der Waals surface area (Å²) in [5.74, 6) is 0.200. The fourth-order valence-electron chi connectivity index (χ4n) is 2.26. The summed E-state index contributed by atoms with van der Waals surface area (Å²) in [5.41, 5.74) is 0.301. The van der Waals surface area contributed by atoms with Crippen molar-refractivity contribution in [2.75, 3.05) is 19.6 Å². The minimum atomic E-state index is -0.482. The molecule has 1 saturated heterocycles. The van der Waals surface area contributed by atoms with Crippen molar-refractivity contribution in [3.63, 3.8) is 0 Å². The lowest BCUT2D eigenvalue weighted by Gasteiger charge is -2.10. The van der Waals surface area contributed by atoms with Crippen molar-refractivity contribution in [2.45, 2.75) is 19.9 Å². The minimum Gasteiger partial charge on any atom is -0.350 e. The topological polar surface area (TPSA) is 89.2 Å². The maximum atomic E-state index is 12.0. The van der Waals surface area contributed by atoms with Crippen LogP contribution in [0.4, 0.5) is 5.69 Å². The molecule has 1 atom stereocenters. The predicted molar refractivity (Wildman–Crippen MR) is 70.1 cm³/mol. The van der Waals surface area contributed by atoms with Crippen LogP contribution in [0.5, 0.6) is 0 Å². The van der Waals surface area contributed by atoms with Gasteiger partial charge in [-0.15, -0.1) is 0 Å². The van der Waals surface area contributed by atoms with E-state index in [-0.39, 0.29) is 11.6 Å². The molecule has 0 aliphatic carbocycles. The van der Waals surface area contributed by atoms with E-state index in [2.05, 4.69) is 10.6 Å². The Morgan fingerprint density at radius 3 is 3.05 bits per heavy atom. The fraction of sp³-hybridized carbons (Fsp3) is 0.583. The Hall–Kier alpha value is -1.89.